The van der Waals surface area contributed by atoms with Crippen molar-refractivity contribution >= 4 is 5.91 Å². The third kappa shape index (κ3) is 3.45. The smallest absolute Gasteiger partial charge is 0.269 e. The van der Waals surface area contributed by atoms with E-state index in [1.165, 1.54) is 11.8 Å². The SMILES string of the molecule is C[C@]12C[C@@H](c3ccccc3)C[C@](CO)(CC[C@@H](NC(=O)c3ccn[nH]3)[C@@H]1O)O2. The number of nitrogens with one attached hydrogen (secondary N) is 2. The van der Waals surface area contributed by atoms with Crippen molar-refractivity contribution in [2.75, 3.05) is 6.61 Å². The molecule has 3 heterocycles. The molecule has 2 aliphatic heterocycles. The van der Waals surface area contributed by atoms with Crippen molar-refractivity contribution in [3.05, 3.63) is 53.9 Å². The van der Waals surface area contributed by atoms with Crippen molar-refractivity contribution < 1.29 is 19.7 Å². The minimum Gasteiger partial charge on any atom is -0.393 e. The molecule has 5 atom stereocenters. The van der Waals surface area contributed by atoms with Crippen LogP contribution in [0.5, 0.6) is 0 Å². The number of carbonyl (C=O) groups excluding carboxylic acids is 1. The molecule has 0 unspecified atom stereocenters. The van der Waals surface area contributed by atoms with Gasteiger partial charge in [-0.05, 0) is 50.2 Å². The average molecular weight is 385 g/mol. The lowest BCUT2D eigenvalue weighted by atomic mass is 9.74. The quantitative estimate of drug-likeness (QED) is 0.641. The number of aromatic amines is 1. The van der Waals surface area contributed by atoms with Crippen molar-refractivity contribution in [3.63, 3.8) is 0 Å². The van der Waals surface area contributed by atoms with Crippen LogP contribution >= 0.6 is 0 Å². The highest BCUT2D eigenvalue weighted by Gasteiger charge is 2.54. The summed E-state index contributed by atoms with van der Waals surface area (Å²) in [6.45, 7) is 1.78. The predicted octanol–water partition coefficient (Wildman–Crippen LogP) is 1.75. The van der Waals surface area contributed by atoms with Gasteiger partial charge in [0.15, 0.2) is 0 Å². The molecule has 2 saturated heterocycles. The molecule has 7 heteroatoms. The summed E-state index contributed by atoms with van der Waals surface area (Å²) in [6.07, 6.45) is 3.03. The minimum atomic E-state index is -0.890. The van der Waals surface area contributed by atoms with Crippen molar-refractivity contribution in [1.29, 1.82) is 0 Å². The number of rotatable bonds is 4. The van der Waals surface area contributed by atoms with Gasteiger partial charge in [-0.1, -0.05) is 30.3 Å². The lowest BCUT2D eigenvalue weighted by molar-refractivity contribution is -0.230. The van der Waals surface area contributed by atoms with Crippen LogP contribution in [0, 0.1) is 0 Å². The van der Waals surface area contributed by atoms with Gasteiger partial charge in [-0.3, -0.25) is 9.89 Å². The molecule has 1 amide bonds. The van der Waals surface area contributed by atoms with Gasteiger partial charge in [-0.25, -0.2) is 0 Å². The number of hydrogen-bond acceptors (Lipinski definition) is 5. The van der Waals surface area contributed by atoms with E-state index in [1.54, 1.807) is 6.07 Å². The lowest BCUT2D eigenvalue weighted by Gasteiger charge is -2.49. The van der Waals surface area contributed by atoms with Crippen molar-refractivity contribution in [2.24, 2.45) is 0 Å². The van der Waals surface area contributed by atoms with Crippen LogP contribution in [0.3, 0.4) is 0 Å². The molecule has 0 saturated carbocycles. The Balaban J connectivity index is 1.61. The molecule has 0 aliphatic carbocycles. The maximum absolute atomic E-state index is 12.5. The molecule has 2 fully saturated rings. The number of aromatic nitrogens is 2. The lowest BCUT2D eigenvalue weighted by Crippen LogP contribution is -2.58. The van der Waals surface area contributed by atoms with Gasteiger partial charge < -0.3 is 20.3 Å². The molecule has 1 aromatic heterocycles. The number of amides is 1. The molecular formula is C21H27N3O4. The molecule has 4 rings (SSSR count). The number of ether oxygens (including phenoxy) is 1. The van der Waals surface area contributed by atoms with Crippen molar-refractivity contribution in [2.45, 2.75) is 61.9 Å². The zero-order chi connectivity index (χ0) is 19.8. The summed E-state index contributed by atoms with van der Waals surface area (Å²) in [5.74, 6) is -0.136. The van der Waals surface area contributed by atoms with Crippen molar-refractivity contribution in [1.82, 2.24) is 15.5 Å². The Labute approximate surface area is 164 Å². The Morgan fingerprint density at radius 2 is 2.11 bits per heavy atom. The van der Waals surface area contributed by atoms with Gasteiger partial charge in [-0.2, -0.15) is 5.10 Å². The van der Waals surface area contributed by atoms with Crippen LogP contribution < -0.4 is 5.32 Å². The number of aliphatic hydroxyl groups is 2. The van der Waals surface area contributed by atoms with E-state index in [4.69, 9.17) is 4.74 Å². The number of H-pyrrole nitrogens is 1. The minimum absolute atomic E-state index is 0.111. The van der Waals surface area contributed by atoms with E-state index in [9.17, 15) is 15.0 Å². The first-order chi connectivity index (χ1) is 13.4. The molecule has 2 bridgehead atoms. The first-order valence-electron chi connectivity index (χ1n) is 9.79. The van der Waals surface area contributed by atoms with Crippen LogP contribution in [-0.2, 0) is 4.74 Å². The standard InChI is InChI=1S/C21H27N3O4/c1-20-11-15(14-5-3-2-4-6-14)12-21(13-25,28-20)9-7-16(18(20)26)23-19(27)17-8-10-22-24-17/h2-6,8,10,15-16,18,25-26H,7,9,11-13H2,1H3,(H,22,24)(H,23,27)/t15-,16-,18+,20+,21+/m1/s1. The van der Waals surface area contributed by atoms with E-state index < -0.39 is 23.3 Å². The van der Waals surface area contributed by atoms with Gasteiger partial charge >= 0.3 is 0 Å². The maximum Gasteiger partial charge on any atom is 0.269 e. The van der Waals surface area contributed by atoms with E-state index in [2.05, 4.69) is 27.6 Å². The predicted molar refractivity (Wildman–Crippen MR) is 103 cm³/mol. The number of hydrogen-bond donors (Lipinski definition) is 4. The Kier molecular flexibility index (Phi) is 4.99. The Morgan fingerprint density at radius 1 is 1.32 bits per heavy atom. The number of nitrogens with zero attached hydrogens (tertiary/aromatic N) is 1. The topological polar surface area (TPSA) is 107 Å². The highest BCUT2D eigenvalue weighted by atomic mass is 16.5. The zero-order valence-corrected chi connectivity index (χ0v) is 16.0. The largest absolute Gasteiger partial charge is 0.393 e. The van der Waals surface area contributed by atoms with Crippen molar-refractivity contribution in [3.8, 4) is 0 Å². The highest BCUT2D eigenvalue weighted by Crippen LogP contribution is 2.49. The monoisotopic (exact) mass is 385 g/mol. The molecule has 150 valence electrons. The summed E-state index contributed by atoms with van der Waals surface area (Å²) >= 11 is 0. The van der Waals surface area contributed by atoms with Gasteiger partial charge in [0.1, 0.15) is 11.8 Å². The first kappa shape index (κ1) is 19.1. The molecule has 0 radical (unpaired) electrons. The van der Waals surface area contributed by atoms with E-state index in [0.29, 0.717) is 31.4 Å². The fourth-order valence-electron chi connectivity index (χ4n) is 4.84. The molecule has 28 heavy (non-hydrogen) atoms. The number of carbonyl (C=O) groups is 1. The number of benzene rings is 1. The normalized spacial score (nSPS) is 35.2. The summed E-state index contributed by atoms with van der Waals surface area (Å²) in [5.41, 5.74) is -0.0576. The fraction of sp³-hybridized carbons (Fsp3) is 0.524. The van der Waals surface area contributed by atoms with E-state index in [-0.39, 0.29) is 18.4 Å². The van der Waals surface area contributed by atoms with Gasteiger partial charge in [0.05, 0.1) is 23.9 Å². The van der Waals surface area contributed by atoms with Crippen LogP contribution in [-0.4, -0.2) is 56.3 Å². The molecule has 7 nitrogen and oxygen atoms in total. The van der Waals surface area contributed by atoms with E-state index >= 15 is 0 Å². The fourth-order valence-corrected chi connectivity index (χ4v) is 4.84. The molecule has 2 aromatic rings. The molecule has 4 N–H and O–H groups in total. The molecular weight excluding hydrogens is 358 g/mol. The molecule has 1 aromatic carbocycles. The number of fused-ring (bicyclic) bond motifs is 2. The van der Waals surface area contributed by atoms with Gasteiger partial charge in [0, 0.05) is 6.20 Å². The maximum atomic E-state index is 12.5. The number of aliphatic hydroxyl groups excluding tert-OH is 2. The third-order valence-corrected chi connectivity index (χ3v) is 6.26. The van der Waals surface area contributed by atoms with Crippen LogP contribution in [0.1, 0.15) is 54.6 Å². The summed E-state index contributed by atoms with van der Waals surface area (Å²) in [6, 6.07) is 11.3. The first-order valence-corrected chi connectivity index (χ1v) is 9.79. The second-order valence-corrected chi connectivity index (χ2v) is 8.31. The highest BCUT2D eigenvalue weighted by molar-refractivity contribution is 5.92. The summed E-state index contributed by atoms with van der Waals surface area (Å²) in [7, 11) is 0. The zero-order valence-electron chi connectivity index (χ0n) is 16.0. The Hall–Kier alpha value is -2.22. The molecule has 0 spiro atoms. The Morgan fingerprint density at radius 3 is 2.79 bits per heavy atom. The van der Waals surface area contributed by atoms with Crippen LogP contribution in [0.2, 0.25) is 0 Å². The van der Waals surface area contributed by atoms with Gasteiger partial charge in [0.25, 0.3) is 5.91 Å². The third-order valence-electron chi connectivity index (χ3n) is 6.26. The van der Waals surface area contributed by atoms with E-state index in [0.717, 1.165) is 0 Å². The average Bonchev–Trinajstić information content (AvgIpc) is 3.23. The molecule has 2 aliphatic rings. The summed E-state index contributed by atoms with van der Waals surface area (Å²) < 4.78 is 6.37. The Bertz CT molecular complexity index is 812. The van der Waals surface area contributed by atoms with Crippen LogP contribution in [0.25, 0.3) is 0 Å². The summed E-state index contributed by atoms with van der Waals surface area (Å²) in [5, 5.41) is 30.8. The second-order valence-electron chi connectivity index (χ2n) is 8.31. The summed E-state index contributed by atoms with van der Waals surface area (Å²) in [4.78, 5) is 12.5. The second kappa shape index (κ2) is 7.31. The van der Waals surface area contributed by atoms with Gasteiger partial charge in [-0.15, -0.1) is 0 Å². The van der Waals surface area contributed by atoms with E-state index in [1.807, 2.05) is 25.1 Å². The van der Waals surface area contributed by atoms with Gasteiger partial charge in [0.2, 0.25) is 0 Å². The van der Waals surface area contributed by atoms with Crippen LogP contribution in [0.4, 0.5) is 0 Å². The van der Waals surface area contributed by atoms with Crippen LogP contribution in [0.15, 0.2) is 42.6 Å².